The number of thiazole rings is 1. The van der Waals surface area contributed by atoms with Crippen molar-refractivity contribution >= 4 is 16.5 Å². The smallest absolute Gasteiger partial charge is 0.182 e. The van der Waals surface area contributed by atoms with Gasteiger partial charge in [0.25, 0.3) is 0 Å². The van der Waals surface area contributed by atoms with Gasteiger partial charge in [-0.15, -0.1) is 0 Å². The number of hydrogen-bond donors (Lipinski definition) is 1. The second-order valence-electron chi connectivity index (χ2n) is 2.71. The highest BCUT2D eigenvalue weighted by molar-refractivity contribution is 7.15. The summed E-state index contributed by atoms with van der Waals surface area (Å²) in [6.07, 6.45) is 1.84. The van der Waals surface area contributed by atoms with Gasteiger partial charge in [-0.25, -0.2) is 4.98 Å². The molecule has 0 saturated heterocycles. The van der Waals surface area contributed by atoms with Crippen LogP contribution >= 0.6 is 11.3 Å². The van der Waals surface area contributed by atoms with E-state index in [0.29, 0.717) is 19.8 Å². The lowest BCUT2D eigenvalue weighted by Crippen LogP contribution is -2.00. The van der Waals surface area contributed by atoms with Crippen molar-refractivity contribution in [2.75, 3.05) is 32.2 Å². The molecule has 4 nitrogen and oxygen atoms in total. The molecule has 1 rings (SSSR count). The van der Waals surface area contributed by atoms with Crippen LogP contribution in [0, 0.1) is 0 Å². The molecule has 0 amide bonds. The Morgan fingerprint density at radius 3 is 3.07 bits per heavy atom. The average molecular weight is 216 g/mol. The molecule has 14 heavy (non-hydrogen) atoms. The average Bonchev–Trinajstić information content (AvgIpc) is 2.61. The lowest BCUT2D eigenvalue weighted by molar-refractivity contribution is 0.0628. The first-order valence-electron chi connectivity index (χ1n) is 4.62. The van der Waals surface area contributed by atoms with E-state index in [4.69, 9.17) is 9.47 Å². The Morgan fingerprint density at radius 1 is 1.50 bits per heavy atom. The normalized spacial score (nSPS) is 10.4. The molecule has 1 aromatic heterocycles. The summed E-state index contributed by atoms with van der Waals surface area (Å²) in [7, 11) is 1.67. The second-order valence-corrected chi connectivity index (χ2v) is 3.82. The Balaban J connectivity index is 2.22. The molecule has 0 aliphatic carbocycles. The first-order valence-corrected chi connectivity index (χ1v) is 5.43. The summed E-state index contributed by atoms with van der Waals surface area (Å²) in [5.74, 6) is 0. The largest absolute Gasteiger partial charge is 0.382 e. The summed E-state index contributed by atoms with van der Waals surface area (Å²) in [6.45, 7) is 4.84. The van der Waals surface area contributed by atoms with Gasteiger partial charge in [-0.2, -0.15) is 0 Å². The Bertz CT molecular complexity index is 253. The van der Waals surface area contributed by atoms with E-state index in [1.165, 1.54) is 0 Å². The van der Waals surface area contributed by atoms with E-state index in [1.54, 1.807) is 18.4 Å². The van der Waals surface area contributed by atoms with E-state index in [-0.39, 0.29) is 0 Å². The Labute approximate surface area is 88.3 Å². The van der Waals surface area contributed by atoms with Crippen LogP contribution in [0.1, 0.15) is 11.8 Å². The van der Waals surface area contributed by atoms with Crippen LogP contribution in [-0.2, 0) is 16.1 Å². The third-order valence-corrected chi connectivity index (χ3v) is 2.49. The highest BCUT2D eigenvalue weighted by Crippen LogP contribution is 2.18. The van der Waals surface area contributed by atoms with Gasteiger partial charge in [0.2, 0.25) is 0 Å². The summed E-state index contributed by atoms with van der Waals surface area (Å²) >= 11 is 1.63. The molecule has 1 N–H and O–H groups in total. The fraction of sp³-hybridized carbons (Fsp3) is 0.667. The van der Waals surface area contributed by atoms with E-state index in [0.717, 1.165) is 16.6 Å². The van der Waals surface area contributed by atoms with Crippen molar-refractivity contribution in [2.45, 2.75) is 13.5 Å². The monoisotopic (exact) mass is 216 g/mol. The van der Waals surface area contributed by atoms with Crippen LogP contribution in [0.5, 0.6) is 0 Å². The maximum absolute atomic E-state index is 5.37. The van der Waals surface area contributed by atoms with Crippen LogP contribution < -0.4 is 5.32 Å². The summed E-state index contributed by atoms with van der Waals surface area (Å²) in [6, 6.07) is 0. The van der Waals surface area contributed by atoms with Crippen molar-refractivity contribution in [1.82, 2.24) is 4.98 Å². The van der Waals surface area contributed by atoms with E-state index in [2.05, 4.69) is 17.2 Å². The maximum atomic E-state index is 5.37. The van der Waals surface area contributed by atoms with Crippen LogP contribution in [-0.4, -0.2) is 31.9 Å². The number of ether oxygens (including phenoxy) is 2. The minimum absolute atomic E-state index is 0.617. The third kappa shape index (κ3) is 4.04. The zero-order chi connectivity index (χ0) is 10.2. The van der Waals surface area contributed by atoms with Gasteiger partial charge < -0.3 is 14.8 Å². The summed E-state index contributed by atoms with van der Waals surface area (Å²) in [5, 5.41) is 4.11. The number of nitrogens with zero attached hydrogens (tertiary/aromatic N) is 1. The van der Waals surface area contributed by atoms with Gasteiger partial charge in [0.1, 0.15) is 0 Å². The highest BCUT2D eigenvalue weighted by atomic mass is 32.1. The van der Waals surface area contributed by atoms with Gasteiger partial charge in [-0.1, -0.05) is 11.3 Å². The van der Waals surface area contributed by atoms with E-state index < -0.39 is 0 Å². The van der Waals surface area contributed by atoms with Crippen LogP contribution in [0.4, 0.5) is 5.13 Å². The first kappa shape index (κ1) is 11.4. The van der Waals surface area contributed by atoms with E-state index in [1.807, 2.05) is 6.20 Å². The molecule has 5 heteroatoms. The molecule has 0 aromatic carbocycles. The van der Waals surface area contributed by atoms with Gasteiger partial charge in [0, 0.05) is 19.9 Å². The molecule has 0 unspecified atom stereocenters. The number of rotatable bonds is 7. The fourth-order valence-electron chi connectivity index (χ4n) is 0.922. The molecular formula is C9H16N2O2S. The molecule has 0 atom stereocenters. The molecule has 0 saturated carbocycles. The predicted octanol–water partition coefficient (Wildman–Crippen LogP) is 1.74. The summed E-state index contributed by atoms with van der Waals surface area (Å²) in [5.41, 5.74) is 0. The number of anilines is 1. The Kier molecular flexibility index (Phi) is 5.51. The van der Waals surface area contributed by atoms with Crippen molar-refractivity contribution in [3.63, 3.8) is 0 Å². The number of nitrogens with one attached hydrogen (secondary N) is 1. The SMILES string of the molecule is CCNc1ncc(COCCOC)s1. The third-order valence-electron chi connectivity index (χ3n) is 1.56. The minimum atomic E-state index is 0.617. The maximum Gasteiger partial charge on any atom is 0.182 e. The molecule has 0 aliphatic heterocycles. The van der Waals surface area contributed by atoms with Gasteiger partial charge in [-0.05, 0) is 6.92 Å². The molecule has 1 heterocycles. The molecule has 0 aliphatic rings. The van der Waals surface area contributed by atoms with E-state index in [9.17, 15) is 0 Å². The zero-order valence-corrected chi connectivity index (χ0v) is 9.39. The molecule has 0 fully saturated rings. The summed E-state index contributed by atoms with van der Waals surface area (Å²) in [4.78, 5) is 5.34. The predicted molar refractivity (Wildman–Crippen MR) is 57.8 cm³/mol. The molecular weight excluding hydrogens is 200 g/mol. The van der Waals surface area contributed by atoms with Crippen LogP contribution in [0.2, 0.25) is 0 Å². The molecule has 0 radical (unpaired) electrons. The summed E-state index contributed by atoms with van der Waals surface area (Å²) < 4.78 is 10.2. The van der Waals surface area contributed by atoms with Gasteiger partial charge in [-0.3, -0.25) is 0 Å². The van der Waals surface area contributed by atoms with Crippen molar-refractivity contribution in [3.05, 3.63) is 11.1 Å². The van der Waals surface area contributed by atoms with Crippen LogP contribution in [0.25, 0.3) is 0 Å². The number of aromatic nitrogens is 1. The fourth-order valence-corrected chi connectivity index (χ4v) is 1.74. The van der Waals surface area contributed by atoms with Crippen molar-refractivity contribution in [1.29, 1.82) is 0 Å². The number of methoxy groups -OCH3 is 1. The van der Waals surface area contributed by atoms with Gasteiger partial charge in [0.15, 0.2) is 5.13 Å². The quantitative estimate of drug-likeness (QED) is 0.705. The topological polar surface area (TPSA) is 43.4 Å². The second kappa shape index (κ2) is 6.75. The molecule has 0 spiro atoms. The Hall–Kier alpha value is -0.650. The lowest BCUT2D eigenvalue weighted by Gasteiger charge is -1.99. The zero-order valence-electron chi connectivity index (χ0n) is 8.58. The lowest BCUT2D eigenvalue weighted by atomic mass is 10.6. The van der Waals surface area contributed by atoms with Crippen molar-refractivity contribution in [3.8, 4) is 0 Å². The Morgan fingerprint density at radius 2 is 2.36 bits per heavy atom. The van der Waals surface area contributed by atoms with Gasteiger partial charge in [0.05, 0.1) is 24.7 Å². The standard InChI is InChI=1S/C9H16N2O2S/c1-3-10-9-11-6-8(14-9)7-13-5-4-12-2/h6H,3-5,7H2,1-2H3,(H,10,11). The highest BCUT2D eigenvalue weighted by Gasteiger charge is 2.00. The number of hydrogen-bond acceptors (Lipinski definition) is 5. The van der Waals surface area contributed by atoms with Crippen molar-refractivity contribution in [2.24, 2.45) is 0 Å². The van der Waals surface area contributed by atoms with Crippen molar-refractivity contribution < 1.29 is 9.47 Å². The van der Waals surface area contributed by atoms with Gasteiger partial charge >= 0.3 is 0 Å². The van der Waals surface area contributed by atoms with Crippen LogP contribution in [0.15, 0.2) is 6.20 Å². The molecule has 1 aromatic rings. The first-order chi connectivity index (χ1) is 6.86. The van der Waals surface area contributed by atoms with E-state index >= 15 is 0 Å². The minimum Gasteiger partial charge on any atom is -0.382 e. The van der Waals surface area contributed by atoms with Crippen LogP contribution in [0.3, 0.4) is 0 Å². The molecule has 80 valence electrons. The molecule has 0 bridgehead atoms.